The highest BCUT2D eigenvalue weighted by molar-refractivity contribution is 5.91. The van der Waals surface area contributed by atoms with Crippen molar-refractivity contribution in [2.75, 3.05) is 0 Å². The number of phenols is 3. The number of carboxylic acid groups (broad SMARTS) is 3. The molecule has 38 heavy (non-hydrogen) atoms. The molecule has 4 aromatic carbocycles. The monoisotopic (exact) mass is 520 g/mol. The lowest BCUT2D eigenvalue weighted by atomic mass is 10.2. The average molecular weight is 520 g/mol. The average Bonchev–Trinajstić information content (AvgIpc) is 2.89. The summed E-state index contributed by atoms with van der Waals surface area (Å²) in [7, 11) is 0. The van der Waals surface area contributed by atoms with Gasteiger partial charge in [0.1, 0.15) is 46.3 Å². The van der Waals surface area contributed by atoms with Gasteiger partial charge in [-0.2, -0.15) is 0 Å². The van der Waals surface area contributed by atoms with Gasteiger partial charge in [0.15, 0.2) is 0 Å². The zero-order valence-electron chi connectivity index (χ0n) is 19.8. The van der Waals surface area contributed by atoms with Gasteiger partial charge in [0.2, 0.25) is 0 Å². The third-order valence-electron chi connectivity index (χ3n) is 4.76. The first-order chi connectivity index (χ1) is 18.1. The maximum Gasteiger partial charge on any atom is 0.339 e. The summed E-state index contributed by atoms with van der Waals surface area (Å²) in [4.78, 5) is 31.5. The van der Waals surface area contributed by atoms with E-state index >= 15 is 0 Å². The molecule has 0 bridgehead atoms. The van der Waals surface area contributed by atoms with Crippen LogP contribution >= 0.6 is 0 Å². The lowest BCUT2D eigenvalue weighted by Crippen LogP contribution is -2.03. The van der Waals surface area contributed by atoms with Crippen LogP contribution in [0.3, 0.4) is 0 Å². The van der Waals surface area contributed by atoms with Crippen molar-refractivity contribution in [3.63, 3.8) is 0 Å². The number of aromatic carboxylic acids is 3. The Labute approximate surface area is 216 Å². The van der Waals surface area contributed by atoms with Crippen molar-refractivity contribution in [1.82, 2.24) is 0 Å². The maximum atomic E-state index is 11.0. The highest BCUT2D eigenvalue weighted by atomic mass is 16.5. The van der Waals surface area contributed by atoms with Crippen molar-refractivity contribution < 1.29 is 49.8 Å². The van der Waals surface area contributed by atoms with Gasteiger partial charge in [-0.3, -0.25) is 0 Å². The Balaban J connectivity index is 0.000000216. The molecule has 4 rings (SSSR count). The molecule has 0 radical (unpaired) electrons. The quantitative estimate of drug-likeness (QED) is 0.205. The number of benzene rings is 4. The predicted molar refractivity (Wildman–Crippen MR) is 136 cm³/mol. The second-order valence-electron chi connectivity index (χ2n) is 7.36. The number of carbonyl (C=O) groups is 3. The Hall–Kier alpha value is -5.51. The summed E-state index contributed by atoms with van der Waals surface area (Å²) in [6.45, 7) is 0.122. The number of carboxylic acids is 3. The molecule has 0 fully saturated rings. The fourth-order valence-corrected chi connectivity index (χ4v) is 2.87. The number of hydrogen-bond acceptors (Lipinski definition) is 7. The standard InChI is InChI=1S/C14H12O4.2C7H6O3/c15-12-7-3-1-5-10(12)9-18-13-8-4-2-6-11(13)14(16)17;2*8-6-4-2-1-3-5(6)7(9)10/h1-8,15H,9H2,(H,16,17);2*1-4,8H,(H,9,10). The molecule has 4 aromatic rings. The van der Waals surface area contributed by atoms with E-state index in [0.29, 0.717) is 5.56 Å². The van der Waals surface area contributed by atoms with Gasteiger partial charge in [-0.1, -0.05) is 54.6 Å². The molecule has 196 valence electrons. The maximum absolute atomic E-state index is 11.0. The van der Waals surface area contributed by atoms with Crippen LogP contribution in [-0.4, -0.2) is 48.5 Å². The third kappa shape index (κ3) is 8.61. The zero-order valence-corrected chi connectivity index (χ0v) is 19.8. The summed E-state index contributed by atoms with van der Waals surface area (Å²) in [5, 5.41) is 53.2. The van der Waals surface area contributed by atoms with Crippen molar-refractivity contribution in [3.05, 3.63) is 119 Å². The summed E-state index contributed by atoms with van der Waals surface area (Å²) >= 11 is 0. The molecular weight excluding hydrogens is 496 g/mol. The van der Waals surface area contributed by atoms with Gasteiger partial charge in [0, 0.05) is 5.56 Å². The first-order valence-corrected chi connectivity index (χ1v) is 10.9. The SMILES string of the molecule is O=C(O)c1ccccc1O.O=C(O)c1ccccc1O.O=C(O)c1ccccc1OCc1ccccc1O. The van der Waals surface area contributed by atoms with Crippen LogP contribution in [0.2, 0.25) is 0 Å². The van der Waals surface area contributed by atoms with Gasteiger partial charge in [0.25, 0.3) is 0 Å². The van der Waals surface area contributed by atoms with E-state index in [1.165, 1.54) is 30.3 Å². The van der Waals surface area contributed by atoms with E-state index in [1.807, 2.05) is 0 Å². The molecule has 0 saturated carbocycles. The molecule has 0 unspecified atom stereocenters. The van der Waals surface area contributed by atoms with Gasteiger partial charge < -0.3 is 35.4 Å². The Bertz CT molecular complexity index is 1340. The van der Waals surface area contributed by atoms with Crippen molar-refractivity contribution in [2.45, 2.75) is 6.61 Å². The highest BCUT2D eigenvalue weighted by Crippen LogP contribution is 2.22. The summed E-state index contributed by atoms with van der Waals surface area (Å²) < 4.78 is 5.42. The largest absolute Gasteiger partial charge is 0.508 e. The minimum atomic E-state index is -1.11. The molecule has 10 nitrogen and oxygen atoms in total. The van der Waals surface area contributed by atoms with Gasteiger partial charge in [-0.05, 0) is 42.5 Å². The lowest BCUT2D eigenvalue weighted by Gasteiger charge is -2.09. The Kier molecular flexibility index (Phi) is 10.7. The number of rotatable bonds is 6. The summed E-state index contributed by atoms with van der Waals surface area (Å²) in [5.74, 6) is -3.25. The van der Waals surface area contributed by atoms with Crippen LogP contribution in [-0.2, 0) is 6.61 Å². The molecule has 0 aliphatic carbocycles. The zero-order chi connectivity index (χ0) is 28.1. The topological polar surface area (TPSA) is 182 Å². The van der Waals surface area contributed by atoms with E-state index in [0.717, 1.165) is 0 Å². The number of aromatic hydroxyl groups is 3. The number of phenolic OH excluding ortho intramolecular Hbond substituents is 1. The molecule has 6 N–H and O–H groups in total. The molecule has 0 aliphatic rings. The molecule has 0 atom stereocenters. The van der Waals surface area contributed by atoms with Crippen molar-refractivity contribution >= 4 is 17.9 Å². The molecule has 0 saturated heterocycles. The minimum Gasteiger partial charge on any atom is -0.508 e. The Morgan fingerprint density at radius 2 is 0.868 bits per heavy atom. The fraction of sp³-hybridized carbons (Fsp3) is 0.0357. The molecule has 0 aliphatic heterocycles. The molecule has 0 amide bonds. The van der Waals surface area contributed by atoms with Crippen molar-refractivity contribution in [1.29, 1.82) is 0 Å². The number of hydrogen-bond donors (Lipinski definition) is 6. The van der Waals surface area contributed by atoms with Gasteiger partial charge >= 0.3 is 17.9 Å². The second kappa shape index (κ2) is 14.1. The molecule has 0 aromatic heterocycles. The van der Waals surface area contributed by atoms with Crippen LogP contribution in [0.5, 0.6) is 23.0 Å². The fourth-order valence-electron chi connectivity index (χ4n) is 2.87. The van der Waals surface area contributed by atoms with Crippen LogP contribution < -0.4 is 4.74 Å². The van der Waals surface area contributed by atoms with E-state index in [-0.39, 0.29) is 46.3 Å². The number of para-hydroxylation sites is 4. The van der Waals surface area contributed by atoms with E-state index in [9.17, 15) is 19.5 Å². The van der Waals surface area contributed by atoms with Crippen LogP contribution in [0, 0.1) is 0 Å². The summed E-state index contributed by atoms with van der Waals surface area (Å²) in [6.07, 6.45) is 0. The molecule has 10 heteroatoms. The third-order valence-corrected chi connectivity index (χ3v) is 4.76. The predicted octanol–water partition coefficient (Wildman–Crippen LogP) is 4.85. The van der Waals surface area contributed by atoms with Crippen LogP contribution in [0.15, 0.2) is 97.1 Å². The van der Waals surface area contributed by atoms with Crippen LogP contribution in [0.25, 0.3) is 0 Å². The first-order valence-electron chi connectivity index (χ1n) is 10.9. The van der Waals surface area contributed by atoms with E-state index in [1.54, 1.807) is 66.7 Å². The normalized spacial score (nSPS) is 9.58. The summed E-state index contributed by atoms with van der Waals surface area (Å²) in [5.41, 5.74) is 0.579. The van der Waals surface area contributed by atoms with Gasteiger partial charge in [-0.15, -0.1) is 0 Å². The van der Waals surface area contributed by atoms with Crippen molar-refractivity contribution in [2.24, 2.45) is 0 Å². The highest BCUT2D eigenvalue weighted by Gasteiger charge is 2.11. The lowest BCUT2D eigenvalue weighted by molar-refractivity contribution is 0.0681. The van der Waals surface area contributed by atoms with Crippen LogP contribution in [0.4, 0.5) is 0 Å². The van der Waals surface area contributed by atoms with E-state index in [4.69, 9.17) is 30.3 Å². The van der Waals surface area contributed by atoms with E-state index < -0.39 is 17.9 Å². The second-order valence-corrected chi connectivity index (χ2v) is 7.36. The van der Waals surface area contributed by atoms with Crippen LogP contribution in [0.1, 0.15) is 36.6 Å². The number of ether oxygens (including phenoxy) is 1. The molecule has 0 heterocycles. The minimum absolute atomic E-state index is 0.0671. The van der Waals surface area contributed by atoms with E-state index in [2.05, 4.69) is 0 Å². The van der Waals surface area contributed by atoms with Crippen molar-refractivity contribution in [3.8, 4) is 23.0 Å². The van der Waals surface area contributed by atoms with Gasteiger partial charge in [0.05, 0.1) is 0 Å². The first kappa shape index (κ1) is 28.7. The smallest absolute Gasteiger partial charge is 0.339 e. The molecule has 0 spiro atoms. The Morgan fingerprint density at radius 1 is 0.500 bits per heavy atom. The van der Waals surface area contributed by atoms with Gasteiger partial charge in [-0.25, -0.2) is 14.4 Å². The molecular formula is C28H24O10. The summed E-state index contributed by atoms with van der Waals surface area (Å²) in [6, 6.07) is 24.8. The Morgan fingerprint density at radius 3 is 1.26 bits per heavy atom.